The van der Waals surface area contributed by atoms with Crippen LogP contribution in [0.15, 0.2) is 24.4 Å². The molecule has 9 heteroatoms. The minimum atomic E-state index is -0.127. The largest absolute Gasteiger partial charge is 0.383 e. The lowest BCUT2D eigenvalue weighted by Gasteiger charge is -2.34. The number of methoxy groups -OCH3 is 1. The zero-order chi connectivity index (χ0) is 18.7. The molecule has 1 aliphatic rings. The SMILES string of the molecule is COCCN1CCN(C(=O)c2cnn(-c3cccc(Cl)c3Cl)c2N)CC1. The second-order valence-electron chi connectivity index (χ2n) is 6.05. The summed E-state index contributed by atoms with van der Waals surface area (Å²) in [5.41, 5.74) is 7.09. The average Bonchev–Trinajstić information content (AvgIpc) is 3.03. The number of amides is 1. The lowest BCUT2D eigenvalue weighted by molar-refractivity contribution is 0.0595. The van der Waals surface area contributed by atoms with E-state index in [1.54, 1.807) is 30.2 Å². The number of piperazine rings is 1. The predicted molar refractivity (Wildman–Crippen MR) is 102 cm³/mol. The highest BCUT2D eigenvalue weighted by molar-refractivity contribution is 6.43. The van der Waals surface area contributed by atoms with Gasteiger partial charge in [0.05, 0.1) is 28.5 Å². The van der Waals surface area contributed by atoms with E-state index in [1.807, 2.05) is 0 Å². The number of carbonyl (C=O) groups excluding carboxylic acids is 1. The third kappa shape index (κ3) is 3.81. The van der Waals surface area contributed by atoms with E-state index in [4.69, 9.17) is 33.7 Å². The van der Waals surface area contributed by atoms with Crippen LogP contribution in [0, 0.1) is 0 Å². The van der Waals surface area contributed by atoms with Gasteiger partial charge in [-0.15, -0.1) is 0 Å². The number of ether oxygens (including phenoxy) is 1. The Balaban J connectivity index is 1.74. The van der Waals surface area contributed by atoms with Crippen molar-refractivity contribution in [2.45, 2.75) is 0 Å². The maximum absolute atomic E-state index is 12.8. The fourth-order valence-electron chi connectivity index (χ4n) is 2.94. The third-order valence-corrected chi connectivity index (χ3v) is 5.28. The fourth-order valence-corrected chi connectivity index (χ4v) is 3.31. The molecule has 1 fully saturated rings. The summed E-state index contributed by atoms with van der Waals surface area (Å²) in [4.78, 5) is 16.9. The highest BCUT2D eigenvalue weighted by Gasteiger charge is 2.26. The molecule has 0 saturated carbocycles. The van der Waals surface area contributed by atoms with Crippen molar-refractivity contribution in [1.29, 1.82) is 0 Å². The van der Waals surface area contributed by atoms with Crippen molar-refractivity contribution in [3.8, 4) is 5.69 Å². The summed E-state index contributed by atoms with van der Waals surface area (Å²) in [7, 11) is 1.69. The van der Waals surface area contributed by atoms with E-state index >= 15 is 0 Å². The summed E-state index contributed by atoms with van der Waals surface area (Å²) in [6.07, 6.45) is 1.48. The van der Waals surface area contributed by atoms with E-state index in [0.29, 0.717) is 41.0 Å². The van der Waals surface area contributed by atoms with Crippen LogP contribution < -0.4 is 5.73 Å². The van der Waals surface area contributed by atoms with Crippen molar-refractivity contribution >= 4 is 34.9 Å². The van der Waals surface area contributed by atoms with E-state index in [2.05, 4.69) is 10.00 Å². The smallest absolute Gasteiger partial charge is 0.259 e. The van der Waals surface area contributed by atoms with Gasteiger partial charge in [-0.1, -0.05) is 29.3 Å². The van der Waals surface area contributed by atoms with Crippen molar-refractivity contribution in [2.24, 2.45) is 0 Å². The molecule has 0 unspecified atom stereocenters. The number of rotatable bonds is 5. The zero-order valence-corrected chi connectivity index (χ0v) is 16.0. The number of benzene rings is 1. The molecule has 7 nitrogen and oxygen atoms in total. The number of nitrogen functional groups attached to an aromatic ring is 1. The van der Waals surface area contributed by atoms with Gasteiger partial charge in [0.2, 0.25) is 0 Å². The minimum absolute atomic E-state index is 0.127. The van der Waals surface area contributed by atoms with Gasteiger partial charge in [0, 0.05) is 39.8 Å². The van der Waals surface area contributed by atoms with Gasteiger partial charge in [-0.25, -0.2) is 4.68 Å². The number of halogens is 2. The van der Waals surface area contributed by atoms with Gasteiger partial charge in [-0.3, -0.25) is 9.69 Å². The topological polar surface area (TPSA) is 76.6 Å². The molecule has 3 rings (SSSR count). The first-order chi connectivity index (χ1) is 12.5. The summed E-state index contributed by atoms with van der Waals surface area (Å²) in [6.45, 7) is 4.46. The molecule has 0 aliphatic carbocycles. The Bertz CT molecular complexity index is 787. The maximum atomic E-state index is 12.8. The summed E-state index contributed by atoms with van der Waals surface area (Å²) < 4.78 is 6.54. The van der Waals surface area contributed by atoms with Crippen LogP contribution in [0.1, 0.15) is 10.4 Å². The second-order valence-corrected chi connectivity index (χ2v) is 6.84. The van der Waals surface area contributed by atoms with Crippen LogP contribution in [-0.4, -0.2) is 71.9 Å². The Kier molecular flexibility index (Phi) is 6.03. The third-order valence-electron chi connectivity index (χ3n) is 4.47. The zero-order valence-electron chi connectivity index (χ0n) is 14.5. The number of hydrogen-bond donors (Lipinski definition) is 1. The first-order valence-corrected chi connectivity index (χ1v) is 9.07. The second kappa shape index (κ2) is 8.26. The summed E-state index contributed by atoms with van der Waals surface area (Å²) in [6, 6.07) is 5.19. The monoisotopic (exact) mass is 397 g/mol. The molecule has 0 atom stereocenters. The number of carbonyl (C=O) groups is 1. The number of nitrogens with zero attached hydrogens (tertiary/aromatic N) is 4. The molecule has 2 aromatic rings. The molecule has 1 aliphatic heterocycles. The Morgan fingerprint density at radius 1 is 1.27 bits per heavy atom. The quantitative estimate of drug-likeness (QED) is 0.836. The number of nitrogens with two attached hydrogens (primary N) is 1. The normalized spacial score (nSPS) is 15.4. The van der Waals surface area contributed by atoms with Crippen molar-refractivity contribution in [3.05, 3.63) is 40.0 Å². The first-order valence-electron chi connectivity index (χ1n) is 8.31. The van der Waals surface area contributed by atoms with Gasteiger partial charge in [-0.05, 0) is 12.1 Å². The van der Waals surface area contributed by atoms with Gasteiger partial charge < -0.3 is 15.4 Å². The average molecular weight is 398 g/mol. The summed E-state index contributed by atoms with van der Waals surface area (Å²) in [5, 5.41) is 4.98. The van der Waals surface area contributed by atoms with Gasteiger partial charge in [-0.2, -0.15) is 5.10 Å². The highest BCUT2D eigenvalue weighted by atomic mass is 35.5. The van der Waals surface area contributed by atoms with Crippen molar-refractivity contribution in [2.75, 3.05) is 52.2 Å². The van der Waals surface area contributed by atoms with E-state index in [-0.39, 0.29) is 11.7 Å². The van der Waals surface area contributed by atoms with E-state index in [9.17, 15) is 4.79 Å². The lowest BCUT2D eigenvalue weighted by atomic mass is 10.2. The fraction of sp³-hybridized carbons (Fsp3) is 0.412. The van der Waals surface area contributed by atoms with Gasteiger partial charge >= 0.3 is 0 Å². The molecule has 2 heterocycles. The predicted octanol–water partition coefficient (Wildman–Crippen LogP) is 2.17. The van der Waals surface area contributed by atoms with E-state index < -0.39 is 0 Å². The highest BCUT2D eigenvalue weighted by Crippen LogP contribution is 2.30. The van der Waals surface area contributed by atoms with Crippen LogP contribution >= 0.6 is 23.2 Å². The molecule has 1 aromatic carbocycles. The minimum Gasteiger partial charge on any atom is -0.383 e. The molecular formula is C17H21Cl2N5O2. The molecule has 0 bridgehead atoms. The van der Waals surface area contributed by atoms with Crippen LogP contribution in [-0.2, 0) is 4.74 Å². The molecule has 0 spiro atoms. The van der Waals surface area contributed by atoms with Gasteiger partial charge in [0.15, 0.2) is 0 Å². The number of hydrogen-bond acceptors (Lipinski definition) is 5. The number of anilines is 1. The van der Waals surface area contributed by atoms with Crippen LogP contribution in [0.5, 0.6) is 0 Å². The Labute approximate surface area is 162 Å². The summed E-state index contributed by atoms with van der Waals surface area (Å²) >= 11 is 12.3. The van der Waals surface area contributed by atoms with E-state index in [1.165, 1.54) is 10.9 Å². The van der Waals surface area contributed by atoms with Gasteiger partial charge in [0.1, 0.15) is 11.4 Å². The lowest BCUT2D eigenvalue weighted by Crippen LogP contribution is -2.49. The standard InChI is InChI=1S/C17H21Cl2N5O2/c1-26-10-9-22-5-7-23(8-6-22)17(25)12-11-21-24(16(12)20)14-4-2-3-13(18)15(14)19/h2-4,11H,5-10,20H2,1H3. The van der Waals surface area contributed by atoms with Gasteiger partial charge in [0.25, 0.3) is 5.91 Å². The van der Waals surface area contributed by atoms with Crippen LogP contribution in [0.4, 0.5) is 5.82 Å². The van der Waals surface area contributed by atoms with Crippen molar-refractivity contribution in [1.82, 2.24) is 19.6 Å². The first kappa shape index (κ1) is 19.0. The van der Waals surface area contributed by atoms with Crippen LogP contribution in [0.25, 0.3) is 5.69 Å². The van der Waals surface area contributed by atoms with Crippen LogP contribution in [0.2, 0.25) is 10.0 Å². The van der Waals surface area contributed by atoms with E-state index in [0.717, 1.165) is 19.6 Å². The Morgan fingerprint density at radius 2 is 2.00 bits per heavy atom. The Morgan fingerprint density at radius 3 is 2.69 bits per heavy atom. The molecule has 1 aromatic heterocycles. The van der Waals surface area contributed by atoms with Crippen LogP contribution in [0.3, 0.4) is 0 Å². The molecule has 1 amide bonds. The molecule has 1 saturated heterocycles. The maximum Gasteiger partial charge on any atom is 0.259 e. The van der Waals surface area contributed by atoms with Crippen molar-refractivity contribution < 1.29 is 9.53 Å². The molecule has 0 radical (unpaired) electrons. The van der Waals surface area contributed by atoms with Crippen molar-refractivity contribution in [3.63, 3.8) is 0 Å². The molecule has 140 valence electrons. The molecular weight excluding hydrogens is 377 g/mol. The molecule has 26 heavy (non-hydrogen) atoms. The number of aromatic nitrogens is 2. The molecule has 2 N–H and O–H groups in total. The Hall–Kier alpha value is -1.80. The summed E-state index contributed by atoms with van der Waals surface area (Å²) in [5.74, 6) is 0.124.